The molecule has 0 bridgehead atoms. The standard InChI is InChI=1S/C8H19N3O2.C8H18N2O3.C8H18N2O.C7H16N2O.C6H14N2O.C6H13NO2.2C6H13NO.C5H11NO/c1-4(2)6(10)8(13)7(11)5(9)3-12;1-4(2)6(10)8(13)7(12)5(9)3-11;1-6(2)8(10)7(11)4-3-5-9;1-5(2)7(9)6(10)3-4-8;1-4(2)6(8)5(9)3-7;1-4(2)6(7)5(9)3-8;2*1-4(2)6(7)5(3)8;1-4(2)5(6)3-7/h4-5,7-8,10,12-13H,3,9,11H2,1-2H3;4-5,7-8,10-13H,3,9H2,1-2H3;6-7,10-11H,3-5,9H2,1-2H3;5-6,9-10H,3-4,8H2,1-2H3;4-5,8-9H,3,7H2,1-2H3;4-5,7-9H,3H2,1-2H3;2*4-5,7-8H,1-3H3;4,6-7H,3H2,1-2H3/t2*5?,7?,8-;;;;;;;/m11......./s1. The first kappa shape index (κ1) is 103. The fraction of sp³-hybridized carbons (Fsp3) is 0.850. The lowest BCUT2D eigenvalue weighted by molar-refractivity contribution is 0.0246. The largest absolute Gasteiger partial charge is 0.395 e. The summed E-state index contributed by atoms with van der Waals surface area (Å²) in [5, 5.41) is 181. The maximum Gasteiger partial charge on any atom is 0.119 e. The van der Waals surface area contributed by atoms with Crippen LogP contribution in [0.5, 0.6) is 0 Å². The van der Waals surface area contributed by atoms with Crippen LogP contribution in [0.2, 0.25) is 0 Å². The summed E-state index contributed by atoms with van der Waals surface area (Å²) < 4.78 is 0. The van der Waals surface area contributed by atoms with Gasteiger partial charge in [-0.2, -0.15) is 0 Å². The van der Waals surface area contributed by atoms with Crippen molar-refractivity contribution in [2.45, 2.75) is 231 Å². The fourth-order valence-corrected chi connectivity index (χ4v) is 5.46. The highest BCUT2D eigenvalue weighted by Gasteiger charge is 2.28. The van der Waals surface area contributed by atoms with Crippen molar-refractivity contribution in [2.75, 3.05) is 46.1 Å². The molecule has 0 radical (unpaired) electrons. The van der Waals surface area contributed by atoms with Gasteiger partial charge in [-0.25, -0.2) is 0 Å². The second-order valence-corrected chi connectivity index (χ2v) is 23.7. The quantitative estimate of drug-likeness (QED) is 0.0434. The minimum Gasteiger partial charge on any atom is -0.395 e. The highest BCUT2D eigenvalue weighted by Crippen LogP contribution is 2.09. The Morgan fingerprint density at radius 3 is 0.784 bits per heavy atom. The molecule has 0 heterocycles. The Bertz CT molecular complexity index is 1720. The normalized spacial score (nSPS) is 14.9. The Morgan fingerprint density at radius 2 is 0.602 bits per heavy atom. The topological polar surface area (TPSA) is 634 Å². The van der Waals surface area contributed by atoms with Crippen molar-refractivity contribution >= 4 is 51.4 Å². The van der Waals surface area contributed by atoms with Crippen LogP contribution in [0.15, 0.2) is 0 Å². The predicted octanol–water partition coefficient (Wildman–Crippen LogP) is 1.24. The minimum absolute atomic E-state index is 0.0205. The summed E-state index contributed by atoms with van der Waals surface area (Å²) in [6.07, 6.45) is -5.81. The summed E-state index contributed by atoms with van der Waals surface area (Å²) >= 11 is 0. The van der Waals surface area contributed by atoms with Crippen LogP contribution in [-0.4, -0.2) is 237 Å². The van der Waals surface area contributed by atoms with Gasteiger partial charge in [0.1, 0.15) is 30.5 Å². The molecule has 0 spiro atoms. The molecule has 0 amide bonds. The maximum absolute atomic E-state index is 9.52. The van der Waals surface area contributed by atoms with E-state index in [1.165, 1.54) is 0 Å². The van der Waals surface area contributed by atoms with E-state index in [0.717, 1.165) is 6.42 Å². The molecule has 88 heavy (non-hydrogen) atoms. The Balaban J connectivity index is -0.000000115. The van der Waals surface area contributed by atoms with Crippen LogP contribution < -0.4 is 34.4 Å². The van der Waals surface area contributed by atoms with Gasteiger partial charge in [0.05, 0.1) is 62.9 Å². The van der Waals surface area contributed by atoms with Gasteiger partial charge in [-0.05, 0) is 99.5 Å². The number of aliphatic hydroxyl groups is 13. The summed E-state index contributed by atoms with van der Waals surface area (Å²) in [7, 11) is 0. The molecule has 528 valence electrons. The molecule has 0 aliphatic carbocycles. The van der Waals surface area contributed by atoms with Crippen LogP contribution in [0.3, 0.4) is 0 Å². The number of nitrogens with one attached hydrogen (secondary N) is 9. The van der Waals surface area contributed by atoms with Gasteiger partial charge in [-0.1, -0.05) is 125 Å². The Hall–Kier alpha value is -3.73. The van der Waals surface area contributed by atoms with E-state index in [9.17, 15) is 25.5 Å². The average molecular weight is 1270 g/mol. The molecule has 0 rings (SSSR count). The van der Waals surface area contributed by atoms with Gasteiger partial charge in [0.2, 0.25) is 0 Å². The predicted molar refractivity (Wildman–Crippen MR) is 362 cm³/mol. The van der Waals surface area contributed by atoms with Crippen LogP contribution in [-0.2, 0) is 0 Å². The van der Waals surface area contributed by atoms with E-state index < -0.39 is 79.7 Å². The van der Waals surface area contributed by atoms with Gasteiger partial charge in [-0.15, -0.1) is 0 Å². The molecular formula is C60H135N15O13. The summed E-state index contributed by atoms with van der Waals surface area (Å²) in [5.74, 6) is 0.734. The minimum atomic E-state index is -1.29. The first-order valence-electron chi connectivity index (χ1n) is 30.2. The number of hydrogen-bond donors (Lipinski definition) is 28. The van der Waals surface area contributed by atoms with Gasteiger partial charge in [0.15, 0.2) is 0 Å². The van der Waals surface area contributed by atoms with E-state index in [-0.39, 0.29) is 96.8 Å². The lowest BCUT2D eigenvalue weighted by Gasteiger charge is -2.25. The molecule has 0 aromatic carbocycles. The second-order valence-electron chi connectivity index (χ2n) is 23.7. The van der Waals surface area contributed by atoms with Crippen molar-refractivity contribution in [1.29, 1.82) is 48.7 Å². The third-order valence-electron chi connectivity index (χ3n) is 12.4. The first-order chi connectivity index (χ1) is 40.0. The summed E-state index contributed by atoms with van der Waals surface area (Å²) in [4.78, 5) is 0. The third kappa shape index (κ3) is 57.4. The van der Waals surface area contributed by atoms with E-state index >= 15 is 0 Å². The molecule has 0 saturated heterocycles. The molecule has 0 aromatic heterocycles. The second kappa shape index (κ2) is 60.8. The van der Waals surface area contributed by atoms with Gasteiger partial charge in [-0.3, -0.25) is 0 Å². The van der Waals surface area contributed by atoms with Crippen LogP contribution in [0.25, 0.3) is 0 Å². The molecule has 34 N–H and O–H groups in total. The van der Waals surface area contributed by atoms with Crippen LogP contribution in [0.1, 0.15) is 158 Å². The Morgan fingerprint density at radius 1 is 0.318 bits per heavy atom. The molecule has 0 saturated carbocycles. The zero-order valence-electron chi connectivity index (χ0n) is 57.5. The lowest BCUT2D eigenvalue weighted by Crippen LogP contribution is -2.54. The Kier molecular flexibility index (Phi) is 71.3. The lowest BCUT2D eigenvalue weighted by atomic mass is 9.94. The van der Waals surface area contributed by atoms with Gasteiger partial charge >= 0.3 is 0 Å². The molecule has 0 aliphatic heterocycles. The number of rotatable bonds is 31. The number of hydrogen-bond acceptors (Lipinski definition) is 28. The smallest absolute Gasteiger partial charge is 0.119 e. The highest BCUT2D eigenvalue weighted by atomic mass is 16.3. The summed E-state index contributed by atoms with van der Waals surface area (Å²) in [6, 6.07) is -2.37. The van der Waals surface area contributed by atoms with E-state index in [1.807, 2.05) is 83.1 Å². The maximum atomic E-state index is 9.52. The number of nitrogens with two attached hydrogens (primary N) is 6. The molecular weight excluding hydrogens is 1140 g/mol. The monoisotopic (exact) mass is 1270 g/mol. The van der Waals surface area contributed by atoms with Crippen LogP contribution >= 0.6 is 0 Å². The van der Waals surface area contributed by atoms with Gasteiger partial charge < -0.3 is 149 Å². The third-order valence-corrected chi connectivity index (χ3v) is 12.4. The van der Waals surface area contributed by atoms with E-state index in [0.29, 0.717) is 60.2 Å². The molecule has 10 unspecified atom stereocenters. The van der Waals surface area contributed by atoms with E-state index in [1.54, 1.807) is 55.4 Å². The van der Waals surface area contributed by atoms with E-state index in [4.69, 9.17) is 124 Å². The molecule has 0 aliphatic rings. The zero-order valence-corrected chi connectivity index (χ0v) is 57.5. The molecule has 12 atom stereocenters. The van der Waals surface area contributed by atoms with E-state index in [2.05, 4.69) is 0 Å². The molecule has 28 heteroatoms. The van der Waals surface area contributed by atoms with Crippen LogP contribution in [0.4, 0.5) is 0 Å². The Labute approximate surface area is 529 Å². The SMILES string of the molecule is CC(C)C(=N)C(C)O.CC(C)C(=N)C(C)O.CC(C)C(=N)C(O)CCCN.CC(C)C(=N)C(O)CCN.CC(C)C(=N)C(O)CN.CC(C)C(=N)C(O)CO.CC(C)C(=N)CO.CC(C)C(=N)[C@@H](O)C(N)C(N)CO.CC(C)C(=N)[C@@H](O)C(O)C(N)CO. The first-order valence-corrected chi connectivity index (χ1v) is 30.2. The van der Waals surface area contributed by atoms with Gasteiger partial charge in [0, 0.05) is 64.0 Å². The summed E-state index contributed by atoms with van der Waals surface area (Å²) in [6.45, 7) is 36.6. The zero-order chi connectivity index (χ0) is 72.4. The fourth-order valence-electron chi connectivity index (χ4n) is 5.46. The van der Waals surface area contributed by atoms with Crippen molar-refractivity contribution in [1.82, 2.24) is 0 Å². The van der Waals surface area contributed by atoms with Crippen molar-refractivity contribution in [3.63, 3.8) is 0 Å². The molecule has 28 nitrogen and oxygen atoms in total. The average Bonchev–Trinajstić information content (AvgIpc) is 3.47. The van der Waals surface area contributed by atoms with Gasteiger partial charge in [0.25, 0.3) is 0 Å². The summed E-state index contributed by atoms with van der Waals surface area (Å²) in [5.41, 5.74) is 34.6. The van der Waals surface area contributed by atoms with Crippen LogP contribution in [0, 0.1) is 102 Å². The highest BCUT2D eigenvalue weighted by molar-refractivity contribution is 5.90. The molecule has 0 fully saturated rings. The van der Waals surface area contributed by atoms with Crippen molar-refractivity contribution in [3.8, 4) is 0 Å². The van der Waals surface area contributed by atoms with Crippen molar-refractivity contribution < 1.29 is 66.4 Å². The molecule has 0 aromatic rings. The van der Waals surface area contributed by atoms with Crippen molar-refractivity contribution in [3.05, 3.63) is 0 Å². The number of aliphatic hydroxyl groups excluding tert-OH is 13. The van der Waals surface area contributed by atoms with Crippen molar-refractivity contribution in [2.24, 2.45) is 87.7 Å².